The van der Waals surface area contributed by atoms with Crippen LogP contribution in [0.15, 0.2) is 46.9 Å². The topological polar surface area (TPSA) is 81.6 Å². The molecule has 0 spiro atoms. The van der Waals surface area contributed by atoms with Gasteiger partial charge in [0.2, 0.25) is 0 Å². The summed E-state index contributed by atoms with van der Waals surface area (Å²) in [6.45, 7) is 9.16. The SMILES string of the molecule is CCN(CC)CC(C)Oc1cccc2ccc(/C=C/c3ccc([N+](=O)[O-])o3)nc12. The van der Waals surface area contributed by atoms with E-state index in [1.54, 1.807) is 18.2 Å². The van der Waals surface area contributed by atoms with Crippen LogP contribution in [0, 0.1) is 10.1 Å². The molecule has 0 aliphatic rings. The normalized spacial score (nSPS) is 12.7. The number of nitro groups is 1. The van der Waals surface area contributed by atoms with Gasteiger partial charge in [-0.15, -0.1) is 0 Å². The summed E-state index contributed by atoms with van der Waals surface area (Å²) >= 11 is 0. The Morgan fingerprint density at radius 3 is 2.66 bits per heavy atom. The van der Waals surface area contributed by atoms with Gasteiger partial charge in [-0.1, -0.05) is 32.0 Å². The van der Waals surface area contributed by atoms with Crippen LogP contribution in [0.1, 0.15) is 32.2 Å². The summed E-state index contributed by atoms with van der Waals surface area (Å²) in [6, 6.07) is 12.6. The van der Waals surface area contributed by atoms with Gasteiger partial charge in [0, 0.05) is 11.9 Å². The molecule has 1 aromatic carbocycles. The first-order valence-electron chi connectivity index (χ1n) is 9.71. The van der Waals surface area contributed by atoms with E-state index in [1.807, 2.05) is 30.3 Å². The molecule has 3 aromatic rings. The van der Waals surface area contributed by atoms with E-state index < -0.39 is 4.92 Å². The third-order valence-electron chi connectivity index (χ3n) is 4.65. The third-order valence-corrected chi connectivity index (χ3v) is 4.65. The van der Waals surface area contributed by atoms with Crippen LogP contribution in [0.2, 0.25) is 0 Å². The summed E-state index contributed by atoms with van der Waals surface area (Å²) in [7, 11) is 0. The molecule has 0 fully saturated rings. The molecule has 2 aromatic heterocycles. The Morgan fingerprint density at radius 2 is 1.97 bits per heavy atom. The lowest BCUT2D eigenvalue weighted by Crippen LogP contribution is -2.33. The Kier molecular flexibility index (Phi) is 6.61. The van der Waals surface area contributed by atoms with Crippen molar-refractivity contribution < 1.29 is 14.1 Å². The van der Waals surface area contributed by atoms with Crippen molar-refractivity contribution >= 4 is 28.9 Å². The van der Waals surface area contributed by atoms with E-state index in [1.165, 1.54) is 6.07 Å². The molecule has 3 rings (SSSR count). The molecule has 0 saturated heterocycles. The Balaban J connectivity index is 1.81. The van der Waals surface area contributed by atoms with Gasteiger partial charge in [-0.25, -0.2) is 4.98 Å². The molecule has 0 bridgehead atoms. The van der Waals surface area contributed by atoms with E-state index in [9.17, 15) is 10.1 Å². The van der Waals surface area contributed by atoms with Crippen LogP contribution in [-0.2, 0) is 0 Å². The molecule has 1 unspecified atom stereocenters. The second kappa shape index (κ2) is 9.34. The van der Waals surface area contributed by atoms with E-state index in [0.29, 0.717) is 11.5 Å². The van der Waals surface area contributed by atoms with Gasteiger partial charge in [0.15, 0.2) is 0 Å². The minimum absolute atomic E-state index is 0.0326. The Morgan fingerprint density at radius 1 is 1.17 bits per heavy atom. The van der Waals surface area contributed by atoms with E-state index in [4.69, 9.17) is 14.1 Å². The number of likely N-dealkylation sites (N-methyl/N-ethyl adjacent to an activating group) is 1. The summed E-state index contributed by atoms with van der Waals surface area (Å²) in [5.74, 6) is 0.857. The second-order valence-corrected chi connectivity index (χ2v) is 6.74. The lowest BCUT2D eigenvalue weighted by molar-refractivity contribution is -0.402. The maximum atomic E-state index is 10.7. The standard InChI is InChI=1S/C22H25N3O4/c1-4-24(5-2)15-16(3)28-20-8-6-7-17-9-10-18(23-22(17)20)11-12-19-13-14-21(29-19)25(26)27/h6-14,16H,4-5,15H2,1-3H3/b12-11+. The Bertz CT molecular complexity index is 1010. The molecule has 0 N–H and O–H groups in total. The summed E-state index contributed by atoms with van der Waals surface area (Å²) in [5.41, 5.74) is 1.50. The highest BCUT2D eigenvalue weighted by atomic mass is 16.6. The van der Waals surface area contributed by atoms with Crippen molar-refractivity contribution in [2.24, 2.45) is 0 Å². The Hall–Kier alpha value is -3.19. The highest BCUT2D eigenvalue weighted by Crippen LogP contribution is 2.26. The number of nitrogens with zero attached hydrogens (tertiary/aromatic N) is 3. The van der Waals surface area contributed by atoms with Crippen molar-refractivity contribution in [2.45, 2.75) is 26.9 Å². The highest BCUT2D eigenvalue weighted by Gasteiger charge is 2.12. The van der Waals surface area contributed by atoms with E-state index in [0.717, 1.165) is 36.3 Å². The molecule has 0 amide bonds. The van der Waals surface area contributed by atoms with Gasteiger partial charge in [-0.05, 0) is 50.4 Å². The number of hydrogen-bond donors (Lipinski definition) is 0. The molecular weight excluding hydrogens is 370 g/mol. The van der Waals surface area contributed by atoms with Gasteiger partial charge in [0.05, 0.1) is 11.8 Å². The summed E-state index contributed by atoms with van der Waals surface area (Å²) in [6.07, 6.45) is 3.45. The van der Waals surface area contributed by atoms with Crippen LogP contribution < -0.4 is 4.74 Å². The molecular formula is C22H25N3O4. The number of benzene rings is 1. The highest BCUT2D eigenvalue weighted by molar-refractivity contribution is 5.86. The van der Waals surface area contributed by atoms with Crippen LogP contribution in [0.25, 0.3) is 23.1 Å². The molecule has 0 saturated carbocycles. The fourth-order valence-electron chi connectivity index (χ4n) is 3.12. The van der Waals surface area contributed by atoms with Crippen LogP contribution >= 0.6 is 0 Å². The minimum Gasteiger partial charge on any atom is -0.487 e. The fraction of sp³-hybridized carbons (Fsp3) is 0.318. The fourth-order valence-corrected chi connectivity index (χ4v) is 3.12. The monoisotopic (exact) mass is 395 g/mol. The number of fused-ring (bicyclic) bond motifs is 1. The van der Waals surface area contributed by atoms with Crippen LogP contribution in [0.5, 0.6) is 5.75 Å². The molecule has 0 aliphatic carbocycles. The molecule has 0 aliphatic heterocycles. The molecule has 0 radical (unpaired) electrons. The van der Waals surface area contributed by atoms with Gasteiger partial charge < -0.3 is 14.1 Å². The molecule has 7 heteroatoms. The quantitative estimate of drug-likeness (QED) is 0.374. The molecule has 29 heavy (non-hydrogen) atoms. The number of para-hydroxylation sites is 1. The number of pyridine rings is 1. The average Bonchev–Trinajstić information content (AvgIpc) is 3.20. The van der Waals surface area contributed by atoms with Crippen LogP contribution in [0.4, 0.5) is 5.88 Å². The molecule has 7 nitrogen and oxygen atoms in total. The summed E-state index contributed by atoms with van der Waals surface area (Å²) in [5, 5.41) is 11.7. The van der Waals surface area contributed by atoms with Gasteiger partial charge >= 0.3 is 5.88 Å². The molecule has 1 atom stereocenters. The smallest absolute Gasteiger partial charge is 0.433 e. The maximum Gasteiger partial charge on any atom is 0.433 e. The maximum absolute atomic E-state index is 10.7. The number of ether oxygens (including phenoxy) is 1. The third kappa shape index (κ3) is 5.20. The van der Waals surface area contributed by atoms with Crippen molar-refractivity contribution in [3.8, 4) is 5.75 Å². The molecule has 2 heterocycles. The first-order chi connectivity index (χ1) is 14.0. The number of aromatic nitrogens is 1. The van der Waals surface area contributed by atoms with Crippen molar-refractivity contribution in [3.63, 3.8) is 0 Å². The van der Waals surface area contributed by atoms with Gasteiger partial charge in [0.25, 0.3) is 0 Å². The first kappa shape index (κ1) is 20.5. The average molecular weight is 395 g/mol. The van der Waals surface area contributed by atoms with Crippen LogP contribution in [0.3, 0.4) is 0 Å². The first-order valence-corrected chi connectivity index (χ1v) is 9.71. The van der Waals surface area contributed by atoms with Crippen molar-refractivity contribution in [1.29, 1.82) is 0 Å². The van der Waals surface area contributed by atoms with E-state index in [-0.39, 0.29) is 12.0 Å². The lowest BCUT2D eigenvalue weighted by atomic mass is 10.2. The molecule has 152 valence electrons. The van der Waals surface area contributed by atoms with E-state index >= 15 is 0 Å². The zero-order chi connectivity index (χ0) is 20.8. The zero-order valence-electron chi connectivity index (χ0n) is 16.9. The largest absolute Gasteiger partial charge is 0.487 e. The van der Waals surface area contributed by atoms with Crippen LogP contribution in [-0.4, -0.2) is 40.5 Å². The van der Waals surface area contributed by atoms with E-state index in [2.05, 4.69) is 25.7 Å². The summed E-state index contributed by atoms with van der Waals surface area (Å²) in [4.78, 5) is 17.2. The predicted molar refractivity (Wildman–Crippen MR) is 114 cm³/mol. The van der Waals surface area contributed by atoms with Gasteiger partial charge in [0.1, 0.15) is 28.1 Å². The van der Waals surface area contributed by atoms with Crippen molar-refractivity contribution in [2.75, 3.05) is 19.6 Å². The van der Waals surface area contributed by atoms with Crippen molar-refractivity contribution in [1.82, 2.24) is 9.88 Å². The number of furan rings is 1. The van der Waals surface area contributed by atoms with Crippen molar-refractivity contribution in [3.05, 3.63) is 64.0 Å². The minimum atomic E-state index is -0.561. The summed E-state index contributed by atoms with van der Waals surface area (Å²) < 4.78 is 11.3. The van der Waals surface area contributed by atoms with Gasteiger partial charge in [-0.2, -0.15) is 0 Å². The number of rotatable bonds is 9. The second-order valence-electron chi connectivity index (χ2n) is 6.74. The number of hydrogen-bond acceptors (Lipinski definition) is 6. The predicted octanol–water partition coefficient (Wildman–Crippen LogP) is 5.02. The Labute approximate surface area is 169 Å². The van der Waals surface area contributed by atoms with Gasteiger partial charge in [-0.3, -0.25) is 10.1 Å². The lowest BCUT2D eigenvalue weighted by Gasteiger charge is -2.23. The zero-order valence-corrected chi connectivity index (χ0v) is 16.9.